The normalized spacial score (nSPS) is 24.2. The van der Waals surface area contributed by atoms with Crippen molar-refractivity contribution in [2.75, 3.05) is 20.2 Å². The molecule has 1 aliphatic heterocycles. The summed E-state index contributed by atoms with van der Waals surface area (Å²) >= 11 is 0. The summed E-state index contributed by atoms with van der Waals surface area (Å²) in [7, 11) is 1.64. The van der Waals surface area contributed by atoms with Gasteiger partial charge in [-0.2, -0.15) is 0 Å². The molecule has 0 spiro atoms. The number of morpholine rings is 1. The van der Waals surface area contributed by atoms with Crippen LogP contribution >= 0.6 is 12.4 Å². The van der Waals surface area contributed by atoms with E-state index in [0.29, 0.717) is 6.42 Å². The Morgan fingerprint density at radius 1 is 1.43 bits per heavy atom. The zero-order valence-corrected chi connectivity index (χ0v) is 14.8. The molecule has 2 atom stereocenters. The van der Waals surface area contributed by atoms with Crippen LogP contribution in [0.25, 0.3) is 6.08 Å². The van der Waals surface area contributed by atoms with Crippen molar-refractivity contribution in [1.82, 2.24) is 5.32 Å². The van der Waals surface area contributed by atoms with Crippen LogP contribution in [0.1, 0.15) is 32.3 Å². The Kier molecular flexibility index (Phi) is 7.76. The molecule has 0 aromatic heterocycles. The van der Waals surface area contributed by atoms with Gasteiger partial charge in [-0.25, -0.2) is 0 Å². The third-order valence-corrected chi connectivity index (χ3v) is 3.89. The molecule has 1 saturated heterocycles. The van der Waals surface area contributed by atoms with Gasteiger partial charge < -0.3 is 14.8 Å². The monoisotopic (exact) mass is 339 g/mol. The van der Waals surface area contributed by atoms with Crippen LogP contribution in [0.4, 0.5) is 0 Å². The van der Waals surface area contributed by atoms with E-state index in [1.54, 1.807) is 13.2 Å². The van der Waals surface area contributed by atoms with Gasteiger partial charge in [0.2, 0.25) is 0 Å². The quantitative estimate of drug-likeness (QED) is 0.808. The highest BCUT2D eigenvalue weighted by Crippen LogP contribution is 2.22. The van der Waals surface area contributed by atoms with E-state index < -0.39 is 0 Å². The van der Waals surface area contributed by atoms with E-state index in [1.165, 1.54) is 0 Å². The first-order valence-electron chi connectivity index (χ1n) is 7.74. The van der Waals surface area contributed by atoms with Crippen LogP contribution in [0.15, 0.2) is 30.3 Å². The zero-order valence-electron chi connectivity index (χ0n) is 14.0. The number of carbonyl (C=O) groups excluding carboxylic acids is 1. The average Bonchev–Trinajstić information content (AvgIpc) is 2.51. The van der Waals surface area contributed by atoms with Gasteiger partial charge in [-0.15, -0.1) is 12.4 Å². The van der Waals surface area contributed by atoms with E-state index in [0.717, 1.165) is 30.8 Å². The molecule has 1 N–H and O–H groups in total. The molecule has 4 nitrogen and oxygen atoms in total. The van der Waals surface area contributed by atoms with Crippen molar-refractivity contribution in [1.29, 1.82) is 0 Å². The molecule has 0 aliphatic carbocycles. The first-order valence-corrected chi connectivity index (χ1v) is 7.74. The van der Waals surface area contributed by atoms with E-state index in [1.807, 2.05) is 30.3 Å². The second kappa shape index (κ2) is 9.06. The fraction of sp³-hybridized carbons (Fsp3) is 0.500. The van der Waals surface area contributed by atoms with Crippen molar-refractivity contribution in [2.24, 2.45) is 0 Å². The van der Waals surface area contributed by atoms with Crippen molar-refractivity contribution < 1.29 is 14.3 Å². The van der Waals surface area contributed by atoms with Gasteiger partial charge in [-0.05, 0) is 44.0 Å². The first kappa shape index (κ1) is 19.7. The lowest BCUT2D eigenvalue weighted by molar-refractivity contribution is -0.121. The van der Waals surface area contributed by atoms with Crippen LogP contribution in [0, 0.1) is 0 Å². The number of ketones is 1. The highest BCUT2D eigenvalue weighted by molar-refractivity contribution is 5.93. The summed E-state index contributed by atoms with van der Waals surface area (Å²) in [6, 6.07) is 7.63. The molecule has 0 bridgehead atoms. The minimum Gasteiger partial charge on any atom is -0.497 e. The van der Waals surface area contributed by atoms with E-state index in [2.05, 4.69) is 19.2 Å². The minimum absolute atomic E-state index is 0. The summed E-state index contributed by atoms with van der Waals surface area (Å²) < 4.78 is 11.1. The van der Waals surface area contributed by atoms with Crippen molar-refractivity contribution >= 4 is 24.3 Å². The zero-order chi connectivity index (χ0) is 16.0. The van der Waals surface area contributed by atoms with Gasteiger partial charge in [-0.3, -0.25) is 4.79 Å². The van der Waals surface area contributed by atoms with Crippen molar-refractivity contribution in [2.45, 2.75) is 38.4 Å². The Hall–Kier alpha value is -1.36. The maximum Gasteiger partial charge on any atom is 0.155 e. The molecule has 2 rings (SSSR count). The number of methoxy groups -OCH3 is 1. The smallest absolute Gasteiger partial charge is 0.155 e. The van der Waals surface area contributed by atoms with Gasteiger partial charge in [0.25, 0.3) is 0 Å². The van der Waals surface area contributed by atoms with Crippen LogP contribution in [-0.4, -0.2) is 37.7 Å². The lowest BCUT2D eigenvalue weighted by atomic mass is 9.96. The predicted molar refractivity (Wildman–Crippen MR) is 95.3 cm³/mol. The van der Waals surface area contributed by atoms with Crippen LogP contribution in [0.5, 0.6) is 5.75 Å². The number of benzene rings is 1. The van der Waals surface area contributed by atoms with Gasteiger partial charge in [0.15, 0.2) is 5.78 Å². The van der Waals surface area contributed by atoms with Crippen LogP contribution in [0.3, 0.4) is 0 Å². The summed E-state index contributed by atoms with van der Waals surface area (Å²) in [5.74, 6) is 0.936. The second-order valence-electron chi connectivity index (χ2n) is 6.08. The number of nitrogens with one attached hydrogen (secondary N) is 1. The highest BCUT2D eigenvalue weighted by atomic mass is 35.5. The topological polar surface area (TPSA) is 47.6 Å². The standard InChI is InChI=1S/C18H25NO3.ClH/c1-14-12-19-13-18(2,22-14)11-10-16(20)7-4-15-5-8-17(21-3)9-6-15;/h4-9,14,19H,10-13H2,1-3H3;1H. The van der Waals surface area contributed by atoms with Crippen LogP contribution < -0.4 is 10.1 Å². The van der Waals surface area contributed by atoms with Gasteiger partial charge >= 0.3 is 0 Å². The molecule has 1 aromatic rings. The molecule has 23 heavy (non-hydrogen) atoms. The summed E-state index contributed by atoms with van der Waals surface area (Å²) in [5, 5.41) is 3.35. The largest absolute Gasteiger partial charge is 0.497 e. The van der Waals surface area contributed by atoms with E-state index >= 15 is 0 Å². The van der Waals surface area contributed by atoms with Crippen molar-refractivity contribution in [3.63, 3.8) is 0 Å². The number of carbonyl (C=O) groups is 1. The molecular formula is C18H26ClNO3. The molecule has 5 heteroatoms. The van der Waals surface area contributed by atoms with Gasteiger partial charge in [-0.1, -0.05) is 18.2 Å². The molecule has 1 aliphatic rings. The molecule has 128 valence electrons. The number of rotatable bonds is 6. The van der Waals surface area contributed by atoms with Crippen LogP contribution in [0.2, 0.25) is 0 Å². The Morgan fingerprint density at radius 3 is 2.74 bits per heavy atom. The van der Waals surface area contributed by atoms with Crippen molar-refractivity contribution in [3.05, 3.63) is 35.9 Å². The minimum atomic E-state index is -0.249. The summed E-state index contributed by atoms with van der Waals surface area (Å²) in [5.41, 5.74) is 0.742. The second-order valence-corrected chi connectivity index (χ2v) is 6.08. The maximum atomic E-state index is 12.0. The lowest BCUT2D eigenvalue weighted by Crippen LogP contribution is -2.51. The number of hydrogen-bond acceptors (Lipinski definition) is 4. The maximum absolute atomic E-state index is 12.0. The molecule has 1 heterocycles. The van der Waals surface area contributed by atoms with E-state index in [4.69, 9.17) is 9.47 Å². The summed E-state index contributed by atoms with van der Waals surface area (Å²) in [4.78, 5) is 12.0. The molecule has 0 amide bonds. The average molecular weight is 340 g/mol. The fourth-order valence-corrected chi connectivity index (χ4v) is 2.63. The number of halogens is 1. The number of ether oxygens (including phenoxy) is 2. The third kappa shape index (κ3) is 6.34. The Balaban J connectivity index is 0.00000264. The Labute approximate surface area is 144 Å². The summed E-state index contributed by atoms with van der Waals surface area (Å²) in [6.45, 7) is 5.79. The lowest BCUT2D eigenvalue weighted by Gasteiger charge is -2.38. The van der Waals surface area contributed by atoms with Gasteiger partial charge in [0.1, 0.15) is 5.75 Å². The highest BCUT2D eigenvalue weighted by Gasteiger charge is 2.30. The SMILES string of the molecule is COc1ccc(C=CC(=O)CCC2(C)CNCC(C)O2)cc1.Cl. The fourth-order valence-electron chi connectivity index (χ4n) is 2.63. The van der Waals surface area contributed by atoms with Crippen molar-refractivity contribution in [3.8, 4) is 5.75 Å². The predicted octanol–water partition coefficient (Wildman–Crippen LogP) is 3.25. The Bertz CT molecular complexity index is 530. The van der Waals surface area contributed by atoms with Gasteiger partial charge in [0.05, 0.1) is 18.8 Å². The molecule has 2 unspecified atom stereocenters. The number of hydrogen-bond donors (Lipinski definition) is 1. The third-order valence-electron chi connectivity index (χ3n) is 3.89. The first-order chi connectivity index (χ1) is 10.5. The Morgan fingerprint density at radius 2 is 2.13 bits per heavy atom. The molecule has 0 saturated carbocycles. The molecule has 1 fully saturated rings. The van der Waals surface area contributed by atoms with Gasteiger partial charge in [0, 0.05) is 19.5 Å². The van der Waals surface area contributed by atoms with E-state index in [-0.39, 0.29) is 29.9 Å². The molecular weight excluding hydrogens is 314 g/mol. The number of allylic oxidation sites excluding steroid dienone is 1. The summed E-state index contributed by atoms with van der Waals surface area (Å²) in [6.07, 6.45) is 4.91. The van der Waals surface area contributed by atoms with E-state index in [9.17, 15) is 4.79 Å². The molecule has 0 radical (unpaired) electrons. The molecule has 1 aromatic carbocycles. The van der Waals surface area contributed by atoms with Crippen LogP contribution in [-0.2, 0) is 9.53 Å².